The molecule has 1 aromatic heterocycles. The SMILES string of the molecule is Cc1cc(N2CCC(N(C)C)CC2)nc2ccc(NC(=O)/C=C\c3ccc(Cl)cc3)cc12. The summed E-state index contributed by atoms with van der Waals surface area (Å²) in [6.45, 7) is 4.15. The van der Waals surface area contributed by atoms with Crippen LogP contribution in [0.1, 0.15) is 24.0 Å². The van der Waals surface area contributed by atoms with Gasteiger partial charge in [0.05, 0.1) is 5.52 Å². The topological polar surface area (TPSA) is 48.5 Å². The van der Waals surface area contributed by atoms with Crippen molar-refractivity contribution in [1.82, 2.24) is 9.88 Å². The Kier molecular flexibility index (Phi) is 6.77. The van der Waals surface area contributed by atoms with Crippen molar-refractivity contribution in [2.45, 2.75) is 25.8 Å². The van der Waals surface area contributed by atoms with Gasteiger partial charge in [0, 0.05) is 41.3 Å². The van der Waals surface area contributed by atoms with Crippen LogP contribution < -0.4 is 10.2 Å². The quantitative estimate of drug-likeness (QED) is 0.532. The largest absolute Gasteiger partial charge is 0.356 e. The number of aromatic nitrogens is 1. The van der Waals surface area contributed by atoms with E-state index in [0.29, 0.717) is 11.1 Å². The van der Waals surface area contributed by atoms with Gasteiger partial charge >= 0.3 is 0 Å². The normalized spacial score (nSPS) is 15.1. The summed E-state index contributed by atoms with van der Waals surface area (Å²) in [4.78, 5) is 22.0. The Balaban J connectivity index is 1.46. The number of halogens is 1. The number of carbonyl (C=O) groups is 1. The van der Waals surface area contributed by atoms with Crippen molar-refractivity contribution in [3.8, 4) is 0 Å². The van der Waals surface area contributed by atoms with Gasteiger partial charge in [-0.1, -0.05) is 23.7 Å². The zero-order chi connectivity index (χ0) is 22.7. The summed E-state index contributed by atoms with van der Waals surface area (Å²) in [5, 5.41) is 4.67. The molecule has 0 radical (unpaired) electrons. The van der Waals surface area contributed by atoms with Crippen LogP contribution in [0.15, 0.2) is 54.6 Å². The van der Waals surface area contributed by atoms with E-state index in [2.05, 4.69) is 42.2 Å². The summed E-state index contributed by atoms with van der Waals surface area (Å²) >= 11 is 5.90. The highest BCUT2D eigenvalue weighted by molar-refractivity contribution is 6.30. The van der Waals surface area contributed by atoms with Gasteiger partial charge in [0.25, 0.3) is 0 Å². The van der Waals surface area contributed by atoms with Crippen LogP contribution in [0.25, 0.3) is 17.0 Å². The monoisotopic (exact) mass is 448 g/mol. The highest BCUT2D eigenvalue weighted by Gasteiger charge is 2.22. The number of nitrogens with zero attached hydrogens (tertiary/aromatic N) is 3. The lowest BCUT2D eigenvalue weighted by Gasteiger charge is -2.36. The number of rotatable bonds is 5. The molecule has 1 amide bonds. The number of nitrogens with one attached hydrogen (secondary N) is 1. The fourth-order valence-electron chi connectivity index (χ4n) is 4.16. The summed E-state index contributed by atoms with van der Waals surface area (Å²) in [5.41, 5.74) is 3.79. The molecule has 32 heavy (non-hydrogen) atoms. The van der Waals surface area contributed by atoms with Crippen LogP contribution in [0.4, 0.5) is 11.5 Å². The van der Waals surface area contributed by atoms with Gasteiger partial charge in [-0.2, -0.15) is 0 Å². The molecule has 2 aromatic carbocycles. The Morgan fingerprint density at radius 1 is 1.12 bits per heavy atom. The Morgan fingerprint density at radius 2 is 1.84 bits per heavy atom. The number of hydrogen-bond acceptors (Lipinski definition) is 4. The second-order valence-electron chi connectivity index (χ2n) is 8.59. The first kappa shape index (κ1) is 22.3. The Labute approximate surface area is 194 Å². The summed E-state index contributed by atoms with van der Waals surface area (Å²) < 4.78 is 0. The fourth-order valence-corrected chi connectivity index (χ4v) is 4.28. The van der Waals surface area contributed by atoms with Crippen molar-refractivity contribution in [2.75, 3.05) is 37.4 Å². The number of aryl methyl sites for hydroxylation is 1. The van der Waals surface area contributed by atoms with Gasteiger partial charge in [0.2, 0.25) is 5.91 Å². The van der Waals surface area contributed by atoms with Gasteiger partial charge in [0.15, 0.2) is 0 Å². The van der Waals surface area contributed by atoms with E-state index in [9.17, 15) is 4.79 Å². The molecule has 6 heteroatoms. The molecular formula is C26H29ClN4O. The third-order valence-electron chi connectivity index (χ3n) is 6.09. The van der Waals surface area contributed by atoms with E-state index >= 15 is 0 Å². The van der Waals surface area contributed by atoms with Crippen molar-refractivity contribution in [1.29, 1.82) is 0 Å². The van der Waals surface area contributed by atoms with E-state index < -0.39 is 0 Å². The molecule has 0 aliphatic carbocycles. The first-order valence-corrected chi connectivity index (χ1v) is 11.3. The molecule has 0 spiro atoms. The minimum atomic E-state index is -0.176. The van der Waals surface area contributed by atoms with Crippen LogP contribution in [-0.4, -0.2) is 49.0 Å². The molecule has 4 rings (SSSR count). The van der Waals surface area contributed by atoms with Crippen molar-refractivity contribution in [3.05, 3.63) is 70.8 Å². The Morgan fingerprint density at radius 3 is 2.53 bits per heavy atom. The lowest BCUT2D eigenvalue weighted by atomic mass is 10.0. The van der Waals surface area contributed by atoms with Crippen molar-refractivity contribution < 1.29 is 4.79 Å². The molecular weight excluding hydrogens is 420 g/mol. The van der Waals surface area contributed by atoms with E-state index in [1.807, 2.05) is 30.3 Å². The first-order chi connectivity index (χ1) is 15.4. The van der Waals surface area contributed by atoms with E-state index in [1.54, 1.807) is 18.2 Å². The minimum Gasteiger partial charge on any atom is -0.356 e. The van der Waals surface area contributed by atoms with Crippen molar-refractivity contribution >= 4 is 46.0 Å². The van der Waals surface area contributed by atoms with Crippen LogP contribution in [0.5, 0.6) is 0 Å². The summed E-state index contributed by atoms with van der Waals surface area (Å²) in [6.07, 6.45) is 5.60. The molecule has 1 fully saturated rings. The highest BCUT2D eigenvalue weighted by atomic mass is 35.5. The number of piperidine rings is 1. The number of benzene rings is 2. The van der Waals surface area contributed by atoms with E-state index in [1.165, 1.54) is 6.08 Å². The Bertz CT molecular complexity index is 1130. The smallest absolute Gasteiger partial charge is 0.248 e. The van der Waals surface area contributed by atoms with Crippen LogP contribution >= 0.6 is 11.6 Å². The molecule has 1 N–H and O–H groups in total. The third-order valence-corrected chi connectivity index (χ3v) is 6.34. The average Bonchev–Trinajstić information content (AvgIpc) is 2.79. The zero-order valence-corrected chi connectivity index (χ0v) is 19.6. The van der Waals surface area contributed by atoms with Gasteiger partial charge in [-0.05, 0) is 87.5 Å². The number of fused-ring (bicyclic) bond motifs is 1. The van der Waals surface area contributed by atoms with E-state index in [0.717, 1.165) is 59.5 Å². The second kappa shape index (κ2) is 9.72. The van der Waals surface area contributed by atoms with Gasteiger partial charge in [-0.3, -0.25) is 4.79 Å². The number of anilines is 2. The molecule has 1 saturated heterocycles. The second-order valence-corrected chi connectivity index (χ2v) is 9.02. The van der Waals surface area contributed by atoms with Gasteiger partial charge < -0.3 is 15.1 Å². The number of amides is 1. The highest BCUT2D eigenvalue weighted by Crippen LogP contribution is 2.27. The number of pyridine rings is 1. The summed E-state index contributed by atoms with van der Waals surface area (Å²) in [5.74, 6) is 0.861. The molecule has 0 unspecified atom stereocenters. The molecule has 5 nitrogen and oxygen atoms in total. The fraction of sp³-hybridized carbons (Fsp3) is 0.308. The van der Waals surface area contributed by atoms with Crippen LogP contribution in [0, 0.1) is 6.92 Å². The van der Waals surface area contributed by atoms with E-state index in [-0.39, 0.29) is 5.91 Å². The molecule has 0 atom stereocenters. The standard InChI is InChI=1S/C26H29ClN4O/c1-18-16-25(31-14-12-22(13-15-31)30(2)3)29-24-10-9-21(17-23(18)24)28-26(32)11-6-19-4-7-20(27)8-5-19/h4-11,16-17,22H,12-15H2,1-3H3,(H,28,32)/b11-6-. The van der Waals surface area contributed by atoms with Gasteiger partial charge in [-0.15, -0.1) is 0 Å². The first-order valence-electron chi connectivity index (χ1n) is 11.0. The van der Waals surface area contributed by atoms with Crippen LogP contribution in [-0.2, 0) is 4.79 Å². The van der Waals surface area contributed by atoms with E-state index in [4.69, 9.17) is 16.6 Å². The predicted octanol–water partition coefficient (Wildman–Crippen LogP) is 5.38. The molecule has 2 heterocycles. The zero-order valence-electron chi connectivity index (χ0n) is 18.8. The van der Waals surface area contributed by atoms with Gasteiger partial charge in [0.1, 0.15) is 5.82 Å². The lowest BCUT2D eigenvalue weighted by Crippen LogP contribution is -2.42. The maximum absolute atomic E-state index is 12.4. The summed E-state index contributed by atoms with van der Waals surface area (Å²) in [6, 6.07) is 16.0. The lowest BCUT2D eigenvalue weighted by molar-refractivity contribution is -0.111. The predicted molar refractivity (Wildman–Crippen MR) is 135 cm³/mol. The number of hydrogen-bond donors (Lipinski definition) is 1. The van der Waals surface area contributed by atoms with Gasteiger partial charge in [-0.25, -0.2) is 4.98 Å². The minimum absolute atomic E-state index is 0.176. The third kappa shape index (κ3) is 5.29. The molecule has 0 saturated carbocycles. The maximum atomic E-state index is 12.4. The Hall–Kier alpha value is -2.89. The summed E-state index contributed by atoms with van der Waals surface area (Å²) in [7, 11) is 4.31. The molecule has 1 aliphatic rings. The average molecular weight is 449 g/mol. The van der Waals surface area contributed by atoms with Crippen molar-refractivity contribution in [2.24, 2.45) is 0 Å². The van der Waals surface area contributed by atoms with Crippen LogP contribution in [0.3, 0.4) is 0 Å². The molecule has 1 aliphatic heterocycles. The number of carbonyl (C=O) groups excluding carboxylic acids is 1. The van der Waals surface area contributed by atoms with Crippen LogP contribution in [0.2, 0.25) is 5.02 Å². The molecule has 0 bridgehead atoms. The van der Waals surface area contributed by atoms with Crippen molar-refractivity contribution in [3.63, 3.8) is 0 Å². The molecule has 3 aromatic rings. The maximum Gasteiger partial charge on any atom is 0.248 e. The molecule has 166 valence electrons.